The number of nitrogens with one attached hydrogen (secondary N) is 1. The van der Waals surface area contributed by atoms with Crippen molar-refractivity contribution >= 4 is 27.3 Å². The minimum absolute atomic E-state index is 0.00625. The van der Waals surface area contributed by atoms with Gasteiger partial charge in [-0.3, -0.25) is 4.79 Å². The fraction of sp³-hybridized carbons (Fsp3) is 0.550. The Kier molecular flexibility index (Phi) is 4.97. The second kappa shape index (κ2) is 6.85. The first-order chi connectivity index (χ1) is 11.4. The van der Waals surface area contributed by atoms with Gasteiger partial charge in [-0.1, -0.05) is 32.9 Å². The summed E-state index contributed by atoms with van der Waals surface area (Å²) in [6, 6.07) is 6.56. The van der Waals surface area contributed by atoms with Crippen molar-refractivity contribution in [3.63, 3.8) is 0 Å². The van der Waals surface area contributed by atoms with Gasteiger partial charge in [0.1, 0.15) is 0 Å². The van der Waals surface area contributed by atoms with Crippen molar-refractivity contribution in [2.24, 2.45) is 0 Å². The van der Waals surface area contributed by atoms with E-state index in [1.807, 2.05) is 12.3 Å². The molecule has 0 bridgehead atoms. The van der Waals surface area contributed by atoms with Gasteiger partial charge in [0.2, 0.25) is 0 Å². The van der Waals surface area contributed by atoms with Crippen LogP contribution in [-0.4, -0.2) is 24.7 Å². The molecule has 1 N–H and O–H groups in total. The quantitative estimate of drug-likeness (QED) is 0.838. The van der Waals surface area contributed by atoms with Crippen LogP contribution in [0.25, 0.3) is 10.1 Å². The van der Waals surface area contributed by atoms with E-state index in [2.05, 4.69) is 44.3 Å². The summed E-state index contributed by atoms with van der Waals surface area (Å²) in [5, 5.41) is 6.14. The fourth-order valence-electron chi connectivity index (χ4n) is 3.20. The third-order valence-corrected chi connectivity index (χ3v) is 6.31. The van der Waals surface area contributed by atoms with Crippen LogP contribution in [0.15, 0.2) is 23.6 Å². The van der Waals surface area contributed by atoms with Crippen LogP contribution in [0.4, 0.5) is 0 Å². The van der Waals surface area contributed by atoms with Gasteiger partial charge < -0.3 is 10.1 Å². The second-order valence-electron chi connectivity index (χ2n) is 7.41. The number of ether oxygens (including phenoxy) is 1. The zero-order valence-corrected chi connectivity index (χ0v) is 15.8. The number of fused-ring (bicyclic) bond motifs is 1. The van der Waals surface area contributed by atoms with Gasteiger partial charge in [-0.25, -0.2) is 0 Å². The van der Waals surface area contributed by atoms with Crippen molar-refractivity contribution < 1.29 is 9.53 Å². The predicted molar refractivity (Wildman–Crippen MR) is 101 cm³/mol. The predicted octanol–water partition coefficient (Wildman–Crippen LogP) is 4.89. The summed E-state index contributed by atoms with van der Waals surface area (Å²) >= 11 is 1.65. The number of amides is 1. The van der Waals surface area contributed by atoms with Crippen molar-refractivity contribution in [3.8, 4) is 0 Å². The molecule has 1 amide bonds. The normalized spacial score (nSPS) is 19.6. The van der Waals surface area contributed by atoms with Crippen LogP contribution >= 0.6 is 11.3 Å². The molecule has 0 aliphatic carbocycles. The van der Waals surface area contributed by atoms with E-state index in [-0.39, 0.29) is 23.5 Å². The Hall–Kier alpha value is -1.39. The van der Waals surface area contributed by atoms with Crippen LogP contribution in [0.5, 0.6) is 0 Å². The molecule has 0 spiro atoms. The minimum atomic E-state index is 0.00625. The van der Waals surface area contributed by atoms with Crippen LogP contribution < -0.4 is 5.32 Å². The minimum Gasteiger partial charge on any atom is -0.376 e. The molecule has 4 heteroatoms. The first-order valence-electron chi connectivity index (χ1n) is 8.86. The van der Waals surface area contributed by atoms with E-state index in [1.54, 1.807) is 11.3 Å². The highest BCUT2D eigenvalue weighted by atomic mass is 32.1. The Bertz CT molecular complexity index is 728. The van der Waals surface area contributed by atoms with Gasteiger partial charge in [0.25, 0.3) is 5.91 Å². The zero-order valence-electron chi connectivity index (χ0n) is 15.0. The number of rotatable bonds is 5. The largest absolute Gasteiger partial charge is 0.376 e. The van der Waals surface area contributed by atoms with Crippen LogP contribution in [0.3, 0.4) is 0 Å². The van der Waals surface area contributed by atoms with E-state index in [9.17, 15) is 4.79 Å². The van der Waals surface area contributed by atoms with Crippen LogP contribution in [0.2, 0.25) is 0 Å². The molecule has 2 atom stereocenters. The van der Waals surface area contributed by atoms with Gasteiger partial charge >= 0.3 is 0 Å². The summed E-state index contributed by atoms with van der Waals surface area (Å²) in [5.74, 6) is 0.00625. The molecule has 1 fully saturated rings. The lowest BCUT2D eigenvalue weighted by molar-refractivity contribution is 0.0713. The molecule has 2 aromatic rings. The van der Waals surface area contributed by atoms with Gasteiger partial charge in [-0.05, 0) is 43.2 Å². The Labute approximate surface area is 148 Å². The van der Waals surface area contributed by atoms with Crippen LogP contribution in [0, 0.1) is 0 Å². The molecule has 3 nitrogen and oxygen atoms in total. The summed E-state index contributed by atoms with van der Waals surface area (Å²) in [4.78, 5) is 12.7. The lowest BCUT2D eigenvalue weighted by atomic mass is 9.82. The summed E-state index contributed by atoms with van der Waals surface area (Å²) in [6.07, 6.45) is 3.36. The summed E-state index contributed by atoms with van der Waals surface area (Å²) in [6.45, 7) is 9.58. The average Bonchev–Trinajstić information content (AvgIpc) is 3.23. The van der Waals surface area contributed by atoms with Crippen molar-refractivity contribution in [2.45, 2.75) is 64.5 Å². The smallest absolute Gasteiger partial charge is 0.253 e. The zero-order chi connectivity index (χ0) is 17.3. The van der Waals surface area contributed by atoms with Gasteiger partial charge in [0, 0.05) is 22.1 Å². The molecule has 0 unspecified atom stereocenters. The molecule has 2 heterocycles. The Morgan fingerprint density at radius 2 is 2.25 bits per heavy atom. The molecular formula is C20H27NO2S. The molecule has 1 aromatic carbocycles. The number of thiophene rings is 1. The van der Waals surface area contributed by atoms with Gasteiger partial charge in [-0.15, -0.1) is 11.3 Å². The molecule has 24 heavy (non-hydrogen) atoms. The first kappa shape index (κ1) is 17.4. The van der Waals surface area contributed by atoms with Crippen molar-refractivity contribution in [2.75, 3.05) is 6.61 Å². The maximum Gasteiger partial charge on any atom is 0.253 e. The number of hydrogen-bond donors (Lipinski definition) is 1. The third-order valence-electron chi connectivity index (χ3n) is 5.37. The Morgan fingerprint density at radius 1 is 1.46 bits per heavy atom. The third kappa shape index (κ3) is 3.35. The first-order valence-corrected chi connectivity index (χ1v) is 9.74. The lowest BCUT2D eigenvalue weighted by Crippen LogP contribution is -2.40. The van der Waals surface area contributed by atoms with Gasteiger partial charge in [0.05, 0.1) is 17.7 Å². The highest BCUT2D eigenvalue weighted by Gasteiger charge is 2.25. The van der Waals surface area contributed by atoms with E-state index < -0.39 is 0 Å². The Morgan fingerprint density at radius 3 is 2.92 bits per heavy atom. The number of hydrogen-bond acceptors (Lipinski definition) is 3. The van der Waals surface area contributed by atoms with E-state index in [0.717, 1.165) is 36.8 Å². The molecule has 0 saturated carbocycles. The van der Waals surface area contributed by atoms with E-state index in [4.69, 9.17) is 4.74 Å². The van der Waals surface area contributed by atoms with Crippen LogP contribution in [-0.2, 0) is 10.2 Å². The SMILES string of the molecule is CCC(C)(C)c1ccc2c(C(=O)N[C@@H](C)[C@@H]3CCCO3)csc2c1. The van der Waals surface area contributed by atoms with Crippen molar-refractivity contribution in [1.29, 1.82) is 0 Å². The van der Waals surface area contributed by atoms with Crippen molar-refractivity contribution in [1.82, 2.24) is 5.32 Å². The van der Waals surface area contributed by atoms with Crippen molar-refractivity contribution in [3.05, 3.63) is 34.7 Å². The highest BCUT2D eigenvalue weighted by molar-refractivity contribution is 7.17. The van der Waals surface area contributed by atoms with Gasteiger partial charge in [0.15, 0.2) is 0 Å². The van der Waals surface area contributed by atoms with E-state index >= 15 is 0 Å². The molecule has 3 rings (SSSR count). The topological polar surface area (TPSA) is 38.3 Å². The Balaban J connectivity index is 1.81. The lowest BCUT2D eigenvalue weighted by Gasteiger charge is -2.23. The second-order valence-corrected chi connectivity index (χ2v) is 8.32. The molecule has 1 saturated heterocycles. The molecule has 1 aromatic heterocycles. The molecule has 130 valence electrons. The standard InChI is InChI=1S/C20H27NO2S/c1-5-20(3,4)14-8-9-15-16(12-24-18(15)11-14)19(22)21-13(2)17-7-6-10-23-17/h8-9,11-13,17H,5-7,10H2,1-4H3,(H,21,22)/t13-,17-/m0/s1. The van der Waals surface area contributed by atoms with Crippen LogP contribution in [0.1, 0.15) is 62.9 Å². The van der Waals surface area contributed by atoms with Gasteiger partial charge in [-0.2, -0.15) is 0 Å². The average molecular weight is 346 g/mol. The maximum absolute atomic E-state index is 12.7. The molecule has 1 aliphatic rings. The molecule has 0 radical (unpaired) electrons. The number of carbonyl (C=O) groups excluding carboxylic acids is 1. The summed E-state index contributed by atoms with van der Waals surface area (Å²) in [5.41, 5.74) is 2.27. The fourth-order valence-corrected chi connectivity index (χ4v) is 4.18. The van der Waals surface area contributed by atoms with E-state index in [0.29, 0.717) is 0 Å². The monoisotopic (exact) mass is 345 g/mol. The maximum atomic E-state index is 12.7. The molecular weight excluding hydrogens is 318 g/mol. The number of carbonyl (C=O) groups is 1. The number of benzene rings is 1. The summed E-state index contributed by atoms with van der Waals surface area (Å²) < 4.78 is 6.86. The highest BCUT2D eigenvalue weighted by Crippen LogP contribution is 2.33. The van der Waals surface area contributed by atoms with E-state index in [1.165, 1.54) is 10.3 Å². The summed E-state index contributed by atoms with van der Waals surface area (Å²) in [7, 11) is 0. The molecule has 1 aliphatic heterocycles.